The van der Waals surface area contributed by atoms with Gasteiger partial charge in [-0.25, -0.2) is 10.5 Å². The Morgan fingerprint density at radius 1 is 1.30 bits per heavy atom. The van der Waals surface area contributed by atoms with Crippen molar-refractivity contribution in [3.8, 4) is 17.0 Å². The number of aromatic amines is 1. The highest BCUT2D eigenvalue weighted by molar-refractivity contribution is 5.96. The number of nitrogens with two attached hydrogens (primary N) is 2. The Morgan fingerprint density at radius 2 is 2.19 bits per heavy atom. The van der Waals surface area contributed by atoms with Gasteiger partial charge in [0.1, 0.15) is 5.65 Å². The zero-order valence-electron chi connectivity index (χ0n) is 14.5. The largest absolute Gasteiger partial charge is 0.382 e. The molecule has 0 fully saturated rings. The van der Waals surface area contributed by atoms with Crippen molar-refractivity contribution in [1.29, 1.82) is 0 Å². The van der Waals surface area contributed by atoms with Gasteiger partial charge in [-0.2, -0.15) is 4.98 Å². The molecule has 6 N–H and O–H groups in total. The number of nitrogens with one attached hydrogen (secondary N) is 2. The molecule has 1 atom stereocenters. The summed E-state index contributed by atoms with van der Waals surface area (Å²) in [4.78, 5) is 29.4. The number of carbonyl (C=O) groups excluding carboxylic acids is 1. The summed E-state index contributed by atoms with van der Waals surface area (Å²) in [6.45, 7) is 0. The fourth-order valence-corrected chi connectivity index (χ4v) is 3.91. The molecular formula is C19H18N6O2. The minimum Gasteiger partial charge on any atom is -0.382 e. The van der Waals surface area contributed by atoms with Gasteiger partial charge in [-0.05, 0) is 37.0 Å². The zero-order chi connectivity index (χ0) is 18.5. The van der Waals surface area contributed by atoms with Crippen LogP contribution in [0.4, 0.5) is 5.95 Å². The van der Waals surface area contributed by atoms with Crippen LogP contribution in [0.1, 0.15) is 23.2 Å². The molecule has 1 amide bonds. The number of H-pyrrole nitrogens is 1. The van der Waals surface area contributed by atoms with Gasteiger partial charge >= 0.3 is 0 Å². The molecule has 8 nitrogen and oxygen atoms in total. The first kappa shape index (κ1) is 15.7. The lowest BCUT2D eigenvalue weighted by Gasteiger charge is -2.20. The summed E-state index contributed by atoms with van der Waals surface area (Å²) in [6, 6.07) is 5.87. The Balaban J connectivity index is 1.72. The van der Waals surface area contributed by atoms with E-state index in [9.17, 15) is 4.79 Å². The Kier molecular flexibility index (Phi) is 3.33. The summed E-state index contributed by atoms with van der Waals surface area (Å²) in [7, 11) is 0. The van der Waals surface area contributed by atoms with E-state index in [-0.39, 0.29) is 17.8 Å². The number of aromatic nitrogens is 3. The number of carbonyl (C=O) groups is 1. The number of fused-ring (bicyclic) bond motifs is 4. The first-order valence-corrected chi connectivity index (χ1v) is 8.80. The topological polar surface area (TPSA) is 132 Å². The molecule has 0 bridgehead atoms. The molecule has 1 aliphatic carbocycles. The molecule has 27 heavy (non-hydrogen) atoms. The monoisotopic (exact) mass is 362 g/mol. The van der Waals surface area contributed by atoms with Crippen molar-refractivity contribution < 1.29 is 9.63 Å². The number of nitrogens with zero attached hydrogens (tertiary/aromatic N) is 2. The van der Waals surface area contributed by atoms with Gasteiger partial charge in [-0.1, -0.05) is 12.1 Å². The predicted octanol–water partition coefficient (Wildman–Crippen LogP) is 1.67. The van der Waals surface area contributed by atoms with Crippen molar-refractivity contribution >= 4 is 29.0 Å². The van der Waals surface area contributed by atoms with Crippen molar-refractivity contribution in [2.45, 2.75) is 19.3 Å². The number of rotatable bonds is 2. The Bertz CT molecular complexity index is 1120. The van der Waals surface area contributed by atoms with Gasteiger partial charge in [0.2, 0.25) is 11.9 Å². The van der Waals surface area contributed by atoms with Gasteiger partial charge in [-0.3, -0.25) is 4.79 Å². The standard InChI is InChI=1S/C19H18N6O2/c20-17(26)11-3-4-13-12(7-11)15-16(24-19(21)25-18(15)23-13)10-2-1-9-5-6-22-27-14(9)8-10/h1-2,5-6,8,11,22H,3-4,7H2,(H2,20,26)(H3,21,23,24,25). The Labute approximate surface area is 154 Å². The number of aryl methyl sites for hydroxylation is 1. The normalized spacial score (nSPS) is 17.7. The molecule has 3 aromatic rings. The van der Waals surface area contributed by atoms with E-state index in [1.165, 1.54) is 0 Å². The summed E-state index contributed by atoms with van der Waals surface area (Å²) in [5.41, 5.74) is 19.6. The third kappa shape index (κ3) is 2.49. The lowest BCUT2D eigenvalue weighted by Crippen LogP contribution is -2.28. The van der Waals surface area contributed by atoms with Gasteiger partial charge < -0.3 is 21.3 Å². The van der Waals surface area contributed by atoms with Crippen LogP contribution in [0.3, 0.4) is 0 Å². The van der Waals surface area contributed by atoms with Crippen LogP contribution in [-0.2, 0) is 17.6 Å². The van der Waals surface area contributed by atoms with Gasteiger partial charge in [0.05, 0.1) is 5.69 Å². The van der Waals surface area contributed by atoms with Gasteiger partial charge in [0.25, 0.3) is 0 Å². The highest BCUT2D eigenvalue weighted by Gasteiger charge is 2.28. The first-order valence-electron chi connectivity index (χ1n) is 8.80. The van der Waals surface area contributed by atoms with Crippen LogP contribution in [0.2, 0.25) is 0 Å². The number of amides is 1. The second-order valence-electron chi connectivity index (χ2n) is 6.88. The average molecular weight is 362 g/mol. The number of hydroxylamine groups is 1. The molecule has 5 rings (SSSR count). The molecule has 136 valence electrons. The quantitative estimate of drug-likeness (QED) is 0.548. The number of primary amides is 1. The second-order valence-corrected chi connectivity index (χ2v) is 6.88. The number of hydrogen-bond donors (Lipinski definition) is 4. The lowest BCUT2D eigenvalue weighted by atomic mass is 9.85. The summed E-state index contributed by atoms with van der Waals surface area (Å²) < 4.78 is 0. The third-order valence-electron chi connectivity index (χ3n) is 5.24. The molecule has 1 aromatic carbocycles. The number of nitrogen functional groups attached to an aromatic ring is 1. The summed E-state index contributed by atoms with van der Waals surface area (Å²) >= 11 is 0. The lowest BCUT2D eigenvalue weighted by molar-refractivity contribution is -0.122. The van der Waals surface area contributed by atoms with E-state index in [0.29, 0.717) is 17.8 Å². The minimum atomic E-state index is -0.270. The Hall–Kier alpha value is -3.55. The SMILES string of the molecule is NC(=O)C1CCc2[nH]c3nc(N)nc(-c4ccc5c(c4)ONC=C5)c3c2C1. The summed E-state index contributed by atoms with van der Waals surface area (Å²) in [6.07, 6.45) is 5.73. The predicted molar refractivity (Wildman–Crippen MR) is 101 cm³/mol. The fourth-order valence-electron chi connectivity index (χ4n) is 3.91. The van der Waals surface area contributed by atoms with E-state index < -0.39 is 0 Å². The second kappa shape index (κ2) is 5.73. The maximum Gasteiger partial charge on any atom is 0.222 e. The number of benzene rings is 1. The average Bonchev–Trinajstić information content (AvgIpc) is 3.04. The fraction of sp³-hybridized carbons (Fsp3) is 0.211. The maximum absolute atomic E-state index is 11.7. The molecule has 2 aromatic heterocycles. The van der Waals surface area contributed by atoms with E-state index in [2.05, 4.69) is 20.4 Å². The minimum absolute atomic E-state index is 0.178. The first-order chi connectivity index (χ1) is 13.1. The van der Waals surface area contributed by atoms with Crippen molar-refractivity contribution in [2.75, 3.05) is 5.73 Å². The van der Waals surface area contributed by atoms with Crippen LogP contribution < -0.4 is 21.8 Å². The van der Waals surface area contributed by atoms with Crippen LogP contribution in [0, 0.1) is 5.92 Å². The number of anilines is 1. The zero-order valence-corrected chi connectivity index (χ0v) is 14.5. The Morgan fingerprint density at radius 3 is 3.04 bits per heavy atom. The summed E-state index contributed by atoms with van der Waals surface area (Å²) in [5.74, 6) is 0.454. The molecule has 1 aliphatic heterocycles. The van der Waals surface area contributed by atoms with Gasteiger partial charge in [0.15, 0.2) is 5.75 Å². The van der Waals surface area contributed by atoms with Crippen molar-refractivity contribution in [2.24, 2.45) is 11.7 Å². The molecule has 0 saturated heterocycles. The molecule has 0 saturated carbocycles. The van der Waals surface area contributed by atoms with E-state index in [4.69, 9.17) is 16.3 Å². The summed E-state index contributed by atoms with van der Waals surface area (Å²) in [5, 5.41) is 0.893. The van der Waals surface area contributed by atoms with Crippen molar-refractivity contribution in [3.05, 3.63) is 41.2 Å². The van der Waals surface area contributed by atoms with Crippen LogP contribution >= 0.6 is 0 Å². The van der Waals surface area contributed by atoms with E-state index in [1.54, 1.807) is 6.20 Å². The molecule has 8 heteroatoms. The highest BCUT2D eigenvalue weighted by atomic mass is 16.6. The molecule has 2 aliphatic rings. The van der Waals surface area contributed by atoms with Crippen LogP contribution in [0.25, 0.3) is 28.4 Å². The third-order valence-corrected chi connectivity index (χ3v) is 5.24. The van der Waals surface area contributed by atoms with Gasteiger partial charge in [-0.15, -0.1) is 0 Å². The molecule has 1 unspecified atom stereocenters. The van der Waals surface area contributed by atoms with Gasteiger partial charge in [0, 0.05) is 34.3 Å². The van der Waals surface area contributed by atoms with Crippen LogP contribution in [-0.4, -0.2) is 20.9 Å². The molecular weight excluding hydrogens is 344 g/mol. The number of hydrogen-bond acceptors (Lipinski definition) is 6. The molecule has 3 heterocycles. The van der Waals surface area contributed by atoms with Crippen LogP contribution in [0.5, 0.6) is 5.75 Å². The van der Waals surface area contributed by atoms with E-state index in [1.807, 2.05) is 24.3 Å². The van der Waals surface area contributed by atoms with Crippen molar-refractivity contribution in [3.63, 3.8) is 0 Å². The van der Waals surface area contributed by atoms with E-state index in [0.717, 1.165) is 46.3 Å². The van der Waals surface area contributed by atoms with Crippen LogP contribution in [0.15, 0.2) is 24.4 Å². The maximum atomic E-state index is 11.7. The molecule has 0 spiro atoms. The smallest absolute Gasteiger partial charge is 0.222 e. The van der Waals surface area contributed by atoms with E-state index >= 15 is 0 Å². The highest BCUT2D eigenvalue weighted by Crippen LogP contribution is 2.38. The molecule has 0 radical (unpaired) electrons. The van der Waals surface area contributed by atoms with Crippen molar-refractivity contribution in [1.82, 2.24) is 20.4 Å².